The van der Waals surface area contributed by atoms with Crippen molar-refractivity contribution in [2.45, 2.75) is 90.9 Å². The smallest absolute Gasteiger partial charge is 0.448 e. The summed E-state index contributed by atoms with van der Waals surface area (Å²) in [6.45, 7) is 12.6. The molecule has 4 atom stereocenters. The first-order chi connectivity index (χ1) is 18.5. The third kappa shape index (κ3) is 6.92. The number of hydroxylamine groups is 2. The average molecular weight is 556 g/mol. The number of carbonyl (C=O) groups is 3. The van der Waals surface area contributed by atoms with Crippen LogP contribution in [-0.4, -0.2) is 67.8 Å². The van der Waals surface area contributed by atoms with Crippen LogP contribution in [0.15, 0.2) is 60.7 Å². The number of alkyl carbamates (subject to hydrolysis) is 1. The molecule has 1 aliphatic heterocycles. The van der Waals surface area contributed by atoms with Crippen LogP contribution in [0, 0.1) is 5.41 Å². The number of ether oxygens (including phenoxy) is 1. The highest BCUT2D eigenvalue weighted by molar-refractivity contribution is 5.86. The Labute approximate surface area is 235 Å². The summed E-state index contributed by atoms with van der Waals surface area (Å²) in [5.74, 6) is -0.529. The van der Waals surface area contributed by atoms with Gasteiger partial charge in [-0.25, -0.2) is 9.59 Å². The second kappa shape index (κ2) is 11.9. The van der Waals surface area contributed by atoms with Crippen molar-refractivity contribution in [3.63, 3.8) is 0 Å². The topological polar surface area (TPSA) is 129 Å². The largest absolute Gasteiger partial charge is 0.525 e. The first kappa shape index (κ1) is 30.9. The Morgan fingerprint density at radius 3 is 1.98 bits per heavy atom. The summed E-state index contributed by atoms with van der Waals surface area (Å²) in [6, 6.07) is 16.0. The molecule has 0 radical (unpaired) electrons. The molecule has 10 nitrogen and oxygen atoms in total. The van der Waals surface area contributed by atoms with Gasteiger partial charge in [-0.3, -0.25) is 4.79 Å². The number of aliphatic hydroxyl groups excluding tert-OH is 1. The van der Waals surface area contributed by atoms with Gasteiger partial charge in [-0.2, -0.15) is 0 Å². The van der Waals surface area contributed by atoms with Crippen molar-refractivity contribution in [1.82, 2.24) is 15.3 Å². The molecule has 40 heavy (non-hydrogen) atoms. The van der Waals surface area contributed by atoms with Gasteiger partial charge in [0, 0.05) is 12.0 Å². The van der Waals surface area contributed by atoms with Gasteiger partial charge in [0.2, 0.25) is 5.91 Å². The minimum atomic E-state index is -1.62. The van der Waals surface area contributed by atoms with Crippen LogP contribution < -0.4 is 5.32 Å². The van der Waals surface area contributed by atoms with Gasteiger partial charge in [0.15, 0.2) is 6.04 Å². The summed E-state index contributed by atoms with van der Waals surface area (Å²) in [4.78, 5) is 45.8. The van der Waals surface area contributed by atoms with Crippen molar-refractivity contribution in [2.24, 2.45) is 5.41 Å². The second-order valence-electron chi connectivity index (χ2n) is 12.2. The molecule has 2 aromatic rings. The number of carboxylic acid groups (broad SMARTS) is 1. The zero-order chi connectivity index (χ0) is 29.9. The number of rotatable bonds is 8. The van der Waals surface area contributed by atoms with Gasteiger partial charge in [-0.05, 0) is 45.2 Å². The van der Waals surface area contributed by atoms with Crippen LogP contribution in [0.3, 0.4) is 0 Å². The Balaban J connectivity index is 2.08. The molecule has 1 fully saturated rings. The van der Waals surface area contributed by atoms with E-state index in [9.17, 15) is 24.6 Å². The van der Waals surface area contributed by atoms with Crippen LogP contribution in [0.5, 0.6) is 0 Å². The highest BCUT2D eigenvalue weighted by Crippen LogP contribution is 2.46. The van der Waals surface area contributed by atoms with Gasteiger partial charge in [-0.15, -0.1) is 0 Å². The molecule has 0 aromatic heterocycles. The van der Waals surface area contributed by atoms with Crippen LogP contribution in [0.1, 0.15) is 59.6 Å². The molecule has 3 rings (SSSR count). The standard InChI is InChI=1S/C30H41N3O7/c1-28(2,3)30(7)32(19-21-16-12-9-13-17-21)25(35)23(33(30)40-27(37)38)24(34)22(18-20-14-10-8-11-15-20)31-26(36)39-29(4,5)6/h8-17,22-24,34H,18-19H2,1-7H3,(H,31,36)(H,37,38)/t22-,23?,24?,30?/m0/s1. The fourth-order valence-electron chi connectivity index (χ4n) is 4.92. The second-order valence-corrected chi connectivity index (χ2v) is 12.2. The van der Waals surface area contributed by atoms with Crippen LogP contribution in [0.4, 0.5) is 9.59 Å². The zero-order valence-corrected chi connectivity index (χ0v) is 24.2. The molecule has 218 valence electrons. The maximum atomic E-state index is 14.2. The Kier molecular flexibility index (Phi) is 9.16. The molecule has 2 amide bonds. The van der Waals surface area contributed by atoms with E-state index in [1.807, 2.05) is 81.4 Å². The van der Waals surface area contributed by atoms with E-state index in [2.05, 4.69) is 5.32 Å². The summed E-state index contributed by atoms with van der Waals surface area (Å²) in [7, 11) is 0. The van der Waals surface area contributed by atoms with E-state index >= 15 is 0 Å². The monoisotopic (exact) mass is 555 g/mol. The summed E-state index contributed by atoms with van der Waals surface area (Å²) >= 11 is 0. The number of nitrogens with one attached hydrogen (secondary N) is 1. The number of nitrogens with zero attached hydrogens (tertiary/aromatic N) is 2. The Hall–Kier alpha value is -3.63. The number of carbonyl (C=O) groups excluding carboxylic acids is 2. The highest BCUT2D eigenvalue weighted by atomic mass is 16.8. The lowest BCUT2D eigenvalue weighted by atomic mass is 9.80. The van der Waals surface area contributed by atoms with Crippen molar-refractivity contribution >= 4 is 18.2 Å². The Morgan fingerprint density at radius 2 is 1.50 bits per heavy atom. The predicted octanol–water partition coefficient (Wildman–Crippen LogP) is 4.57. The van der Waals surface area contributed by atoms with Gasteiger partial charge in [-0.1, -0.05) is 86.5 Å². The van der Waals surface area contributed by atoms with Crippen molar-refractivity contribution < 1.29 is 34.2 Å². The van der Waals surface area contributed by atoms with Crippen LogP contribution in [0.2, 0.25) is 0 Å². The Morgan fingerprint density at radius 1 is 0.975 bits per heavy atom. The van der Waals surface area contributed by atoms with E-state index < -0.39 is 53.0 Å². The SMILES string of the molecule is CC(C)(C)OC(=O)N[C@@H](Cc1ccccc1)C(O)C1C(=O)N(Cc2ccccc2)C(C)(C(C)(C)C)N1OC(=O)O. The van der Waals surface area contributed by atoms with E-state index in [0.717, 1.165) is 16.2 Å². The number of benzene rings is 2. The third-order valence-corrected chi connectivity index (χ3v) is 7.24. The van der Waals surface area contributed by atoms with Gasteiger partial charge in [0.05, 0.1) is 6.04 Å². The third-order valence-electron chi connectivity index (χ3n) is 7.24. The highest BCUT2D eigenvalue weighted by Gasteiger charge is 2.64. The molecule has 2 aromatic carbocycles. The van der Waals surface area contributed by atoms with Gasteiger partial charge in [0.25, 0.3) is 0 Å². The molecule has 3 unspecified atom stereocenters. The maximum absolute atomic E-state index is 14.2. The lowest BCUT2D eigenvalue weighted by Crippen LogP contribution is -2.62. The molecule has 0 spiro atoms. The lowest BCUT2D eigenvalue weighted by Gasteiger charge is -2.48. The van der Waals surface area contributed by atoms with Crippen LogP contribution >= 0.6 is 0 Å². The van der Waals surface area contributed by atoms with Gasteiger partial charge < -0.3 is 30.0 Å². The summed E-state index contributed by atoms with van der Waals surface area (Å²) in [5.41, 5.74) is -1.21. The van der Waals surface area contributed by atoms with E-state index in [4.69, 9.17) is 9.57 Å². The normalized spacial score (nSPS) is 21.6. The molecule has 1 heterocycles. The number of aliphatic hydroxyl groups is 1. The summed E-state index contributed by atoms with van der Waals surface area (Å²) < 4.78 is 5.44. The van der Waals surface area contributed by atoms with Gasteiger partial charge >= 0.3 is 12.2 Å². The minimum Gasteiger partial charge on any atom is -0.448 e. The lowest BCUT2D eigenvalue weighted by molar-refractivity contribution is -0.250. The van der Waals surface area contributed by atoms with Crippen molar-refractivity contribution in [3.05, 3.63) is 71.8 Å². The maximum Gasteiger partial charge on any atom is 0.525 e. The molecular formula is C30H41N3O7. The first-order valence-electron chi connectivity index (χ1n) is 13.3. The van der Waals surface area contributed by atoms with Crippen LogP contribution in [0.25, 0.3) is 0 Å². The van der Waals surface area contributed by atoms with Crippen LogP contribution in [-0.2, 0) is 27.3 Å². The van der Waals surface area contributed by atoms with E-state index in [1.165, 1.54) is 4.90 Å². The average Bonchev–Trinajstić information content (AvgIpc) is 3.05. The minimum absolute atomic E-state index is 0.150. The predicted molar refractivity (Wildman–Crippen MR) is 149 cm³/mol. The molecule has 10 heteroatoms. The van der Waals surface area contributed by atoms with Gasteiger partial charge in [0.1, 0.15) is 17.4 Å². The van der Waals surface area contributed by atoms with E-state index in [1.54, 1.807) is 27.7 Å². The van der Waals surface area contributed by atoms with E-state index in [0.29, 0.717) is 0 Å². The summed E-state index contributed by atoms with van der Waals surface area (Å²) in [5, 5.41) is 25.3. The van der Waals surface area contributed by atoms with Crippen molar-refractivity contribution in [3.8, 4) is 0 Å². The fourth-order valence-corrected chi connectivity index (χ4v) is 4.92. The molecule has 0 saturated carbocycles. The Bertz CT molecular complexity index is 1180. The zero-order valence-electron chi connectivity index (χ0n) is 24.2. The molecule has 1 aliphatic rings. The number of hydrogen-bond acceptors (Lipinski definition) is 7. The number of hydrogen-bond donors (Lipinski definition) is 3. The first-order valence-corrected chi connectivity index (χ1v) is 13.3. The van der Waals surface area contributed by atoms with Crippen molar-refractivity contribution in [1.29, 1.82) is 0 Å². The molecule has 0 aliphatic carbocycles. The summed E-state index contributed by atoms with van der Waals surface area (Å²) in [6.07, 6.45) is -3.82. The molecule has 0 bridgehead atoms. The molecule has 3 N–H and O–H groups in total. The fraction of sp³-hybridized carbons (Fsp3) is 0.500. The molecular weight excluding hydrogens is 514 g/mol. The van der Waals surface area contributed by atoms with Crippen molar-refractivity contribution in [2.75, 3.05) is 0 Å². The van der Waals surface area contributed by atoms with E-state index in [-0.39, 0.29) is 13.0 Å². The number of amides is 2. The quantitative estimate of drug-likeness (QED) is 0.432. The molecule has 1 saturated heterocycles.